The lowest BCUT2D eigenvalue weighted by atomic mass is 10.3. The molecule has 0 aliphatic carbocycles. The van der Waals surface area contributed by atoms with Gasteiger partial charge >= 0.3 is 0 Å². The summed E-state index contributed by atoms with van der Waals surface area (Å²) in [7, 11) is -2.54. The number of nitrogens with zero attached hydrogens (tertiary/aromatic N) is 3. The average molecular weight is 366 g/mol. The van der Waals surface area contributed by atoms with Crippen molar-refractivity contribution < 1.29 is 17.5 Å². The van der Waals surface area contributed by atoms with Gasteiger partial charge in [-0.3, -0.25) is 0 Å². The summed E-state index contributed by atoms with van der Waals surface area (Å²) in [6.07, 6.45) is 3.81. The largest absolute Gasteiger partial charge is 0.494 e. The molecular weight excluding hydrogens is 347 g/mol. The minimum atomic E-state index is -3.86. The van der Waals surface area contributed by atoms with E-state index in [1.165, 1.54) is 19.2 Å². The summed E-state index contributed by atoms with van der Waals surface area (Å²) < 4.78 is 45.6. The summed E-state index contributed by atoms with van der Waals surface area (Å²) in [5, 5.41) is 0. The molecule has 1 aromatic heterocycles. The second-order valence-electron chi connectivity index (χ2n) is 5.66. The monoisotopic (exact) mass is 366 g/mol. The van der Waals surface area contributed by atoms with E-state index in [1.54, 1.807) is 12.3 Å². The van der Waals surface area contributed by atoms with E-state index >= 15 is 0 Å². The van der Waals surface area contributed by atoms with Crippen molar-refractivity contribution in [1.29, 1.82) is 0 Å². The molecule has 25 heavy (non-hydrogen) atoms. The van der Waals surface area contributed by atoms with Crippen molar-refractivity contribution in [1.82, 2.24) is 14.7 Å². The van der Waals surface area contributed by atoms with Gasteiger partial charge in [0.2, 0.25) is 16.0 Å². The van der Waals surface area contributed by atoms with Crippen LogP contribution in [0.2, 0.25) is 0 Å². The van der Waals surface area contributed by atoms with Crippen molar-refractivity contribution in [2.75, 3.05) is 25.1 Å². The van der Waals surface area contributed by atoms with Gasteiger partial charge in [0.05, 0.1) is 24.2 Å². The number of halogens is 1. The third-order valence-corrected chi connectivity index (χ3v) is 5.37. The van der Waals surface area contributed by atoms with Crippen molar-refractivity contribution in [3.8, 4) is 5.75 Å². The van der Waals surface area contributed by atoms with E-state index < -0.39 is 15.8 Å². The van der Waals surface area contributed by atoms with Crippen molar-refractivity contribution in [2.24, 2.45) is 0 Å². The lowest BCUT2D eigenvalue weighted by Gasteiger charge is -2.15. The van der Waals surface area contributed by atoms with Crippen LogP contribution < -0.4 is 14.4 Å². The minimum absolute atomic E-state index is 0.000653. The van der Waals surface area contributed by atoms with Gasteiger partial charge in [0.25, 0.3) is 0 Å². The van der Waals surface area contributed by atoms with Crippen molar-refractivity contribution in [3.05, 3.63) is 42.0 Å². The molecule has 2 aromatic rings. The molecule has 2 heterocycles. The number of benzene rings is 1. The van der Waals surface area contributed by atoms with Crippen LogP contribution in [-0.2, 0) is 16.6 Å². The second kappa shape index (κ2) is 7.32. The van der Waals surface area contributed by atoms with E-state index in [1.807, 2.05) is 0 Å². The number of nitrogens with one attached hydrogen (secondary N) is 1. The molecule has 1 fully saturated rings. The maximum Gasteiger partial charge on any atom is 0.241 e. The summed E-state index contributed by atoms with van der Waals surface area (Å²) in [5.41, 5.74) is 0.550. The average Bonchev–Trinajstić information content (AvgIpc) is 3.15. The highest BCUT2D eigenvalue weighted by molar-refractivity contribution is 7.89. The third-order valence-electron chi connectivity index (χ3n) is 3.97. The first-order chi connectivity index (χ1) is 12.0. The zero-order valence-electron chi connectivity index (χ0n) is 13.8. The highest BCUT2D eigenvalue weighted by atomic mass is 32.2. The fourth-order valence-electron chi connectivity index (χ4n) is 2.62. The number of hydrogen-bond donors (Lipinski definition) is 1. The molecule has 134 valence electrons. The van der Waals surface area contributed by atoms with Crippen LogP contribution in [0.15, 0.2) is 35.4 Å². The molecule has 9 heteroatoms. The van der Waals surface area contributed by atoms with Gasteiger partial charge in [-0.05, 0) is 37.1 Å². The van der Waals surface area contributed by atoms with E-state index in [2.05, 4.69) is 19.6 Å². The molecule has 1 aromatic carbocycles. The smallest absolute Gasteiger partial charge is 0.241 e. The second-order valence-corrected chi connectivity index (χ2v) is 7.43. The maximum atomic E-state index is 13.7. The van der Waals surface area contributed by atoms with Crippen molar-refractivity contribution in [3.63, 3.8) is 0 Å². The molecule has 0 spiro atoms. The van der Waals surface area contributed by atoms with Crippen LogP contribution in [0.25, 0.3) is 0 Å². The Hall–Kier alpha value is -2.26. The molecule has 1 N–H and O–H groups in total. The quantitative estimate of drug-likeness (QED) is 0.838. The van der Waals surface area contributed by atoms with Crippen LogP contribution in [0.1, 0.15) is 18.5 Å². The predicted octanol–water partition coefficient (Wildman–Crippen LogP) is 1.70. The third kappa shape index (κ3) is 4.05. The SMILES string of the molecule is COc1ccc(S(=O)(=O)NCc2ccnc(N3CCCC3)n2)cc1F. The first-order valence-electron chi connectivity index (χ1n) is 7.90. The van der Waals surface area contributed by atoms with Crippen molar-refractivity contribution in [2.45, 2.75) is 24.3 Å². The summed E-state index contributed by atoms with van der Waals surface area (Å²) in [6, 6.07) is 5.15. The lowest BCUT2D eigenvalue weighted by Crippen LogP contribution is -2.25. The van der Waals surface area contributed by atoms with Crippen LogP contribution in [0.4, 0.5) is 10.3 Å². The van der Waals surface area contributed by atoms with Gasteiger partial charge in [0.1, 0.15) is 0 Å². The Morgan fingerprint density at radius 2 is 2.04 bits per heavy atom. The summed E-state index contributed by atoms with van der Waals surface area (Å²) in [6.45, 7) is 1.81. The van der Waals surface area contributed by atoms with Crippen LogP contribution in [0, 0.1) is 5.82 Å². The first kappa shape index (κ1) is 17.6. The van der Waals surface area contributed by atoms with E-state index in [9.17, 15) is 12.8 Å². The van der Waals surface area contributed by atoms with Gasteiger partial charge in [-0.1, -0.05) is 0 Å². The molecule has 0 bridgehead atoms. The predicted molar refractivity (Wildman–Crippen MR) is 90.5 cm³/mol. The number of methoxy groups -OCH3 is 1. The maximum absolute atomic E-state index is 13.7. The van der Waals surface area contributed by atoms with E-state index in [0.717, 1.165) is 32.0 Å². The van der Waals surface area contributed by atoms with Gasteiger partial charge in [0, 0.05) is 19.3 Å². The topological polar surface area (TPSA) is 84.4 Å². The number of ether oxygens (including phenoxy) is 1. The van der Waals surface area contributed by atoms with Crippen molar-refractivity contribution >= 4 is 16.0 Å². The normalized spacial score (nSPS) is 14.7. The Morgan fingerprint density at radius 3 is 2.72 bits per heavy atom. The van der Waals surface area contributed by atoms with Crippen LogP contribution in [0.5, 0.6) is 5.75 Å². The lowest BCUT2D eigenvalue weighted by molar-refractivity contribution is 0.385. The fourth-order valence-corrected chi connectivity index (χ4v) is 3.63. The standard InChI is InChI=1S/C16H19FN4O3S/c1-24-15-5-4-13(10-14(15)17)25(22,23)19-11-12-6-7-18-16(20-12)21-8-2-3-9-21/h4-7,10,19H,2-3,8-9,11H2,1H3. The zero-order valence-corrected chi connectivity index (χ0v) is 14.6. The molecular formula is C16H19FN4O3S. The first-order valence-corrected chi connectivity index (χ1v) is 9.38. The van der Waals surface area contributed by atoms with Gasteiger partial charge in [-0.15, -0.1) is 0 Å². The molecule has 0 radical (unpaired) electrons. The molecule has 3 rings (SSSR count). The van der Waals surface area contributed by atoms with Crippen LogP contribution in [-0.4, -0.2) is 38.6 Å². The van der Waals surface area contributed by atoms with Gasteiger partial charge in [-0.2, -0.15) is 0 Å². The molecule has 0 atom stereocenters. The Morgan fingerprint density at radius 1 is 1.28 bits per heavy atom. The Balaban J connectivity index is 1.72. The highest BCUT2D eigenvalue weighted by Gasteiger charge is 2.18. The molecule has 1 saturated heterocycles. The Kier molecular flexibility index (Phi) is 5.14. The molecule has 1 aliphatic heterocycles. The molecule has 7 nitrogen and oxygen atoms in total. The summed E-state index contributed by atoms with van der Waals surface area (Å²) in [5.74, 6) is -0.140. The number of anilines is 1. The Labute approximate surface area is 145 Å². The van der Waals surface area contributed by atoms with E-state index in [0.29, 0.717) is 11.6 Å². The highest BCUT2D eigenvalue weighted by Crippen LogP contribution is 2.21. The van der Waals surface area contributed by atoms with E-state index in [-0.39, 0.29) is 17.2 Å². The van der Waals surface area contributed by atoms with Gasteiger partial charge in [0.15, 0.2) is 11.6 Å². The van der Waals surface area contributed by atoms with Crippen LogP contribution >= 0.6 is 0 Å². The Bertz CT molecular complexity index is 854. The number of hydrogen-bond acceptors (Lipinski definition) is 6. The summed E-state index contributed by atoms with van der Waals surface area (Å²) >= 11 is 0. The molecule has 0 unspecified atom stereocenters. The van der Waals surface area contributed by atoms with E-state index in [4.69, 9.17) is 4.74 Å². The molecule has 1 aliphatic rings. The number of rotatable bonds is 6. The number of sulfonamides is 1. The minimum Gasteiger partial charge on any atom is -0.494 e. The molecule has 0 saturated carbocycles. The number of aromatic nitrogens is 2. The van der Waals surface area contributed by atoms with Gasteiger partial charge < -0.3 is 9.64 Å². The van der Waals surface area contributed by atoms with Gasteiger partial charge in [-0.25, -0.2) is 27.5 Å². The fraction of sp³-hybridized carbons (Fsp3) is 0.375. The van der Waals surface area contributed by atoms with Crippen LogP contribution in [0.3, 0.4) is 0 Å². The molecule has 0 amide bonds. The zero-order chi connectivity index (χ0) is 17.9. The summed E-state index contributed by atoms with van der Waals surface area (Å²) in [4.78, 5) is 10.5.